The van der Waals surface area contributed by atoms with E-state index in [4.69, 9.17) is 9.39 Å². The lowest BCUT2D eigenvalue weighted by molar-refractivity contribution is 0.311. The maximum atomic E-state index is 11.0. The van der Waals surface area contributed by atoms with Gasteiger partial charge < -0.3 is 5.21 Å². The van der Waals surface area contributed by atoms with Gasteiger partial charge in [0.25, 0.3) is 10.1 Å². The summed E-state index contributed by atoms with van der Waals surface area (Å²) >= 11 is 0. The van der Waals surface area contributed by atoms with Crippen LogP contribution in [0.5, 0.6) is 0 Å². The predicted molar refractivity (Wildman–Crippen MR) is 136 cm³/mol. The molecule has 1 fully saturated rings. The van der Waals surface area contributed by atoms with Gasteiger partial charge in [0.05, 0.1) is 18.6 Å². The van der Waals surface area contributed by atoms with Gasteiger partial charge in [0.15, 0.2) is 0 Å². The van der Waals surface area contributed by atoms with Gasteiger partial charge in [-0.1, -0.05) is 68.6 Å². The Labute approximate surface area is 200 Å². The Bertz CT molecular complexity index is 1040. The molecule has 3 rings (SSSR count). The Morgan fingerprint density at radius 1 is 1.03 bits per heavy atom. The number of oxime groups is 1. The summed E-state index contributed by atoms with van der Waals surface area (Å²) in [5.41, 5.74) is 7.98. The highest BCUT2D eigenvalue weighted by molar-refractivity contribution is 7.85. The van der Waals surface area contributed by atoms with Crippen LogP contribution < -0.4 is 0 Å². The molecule has 182 valence electrons. The highest BCUT2D eigenvalue weighted by Gasteiger charge is 2.17. The van der Waals surface area contributed by atoms with Gasteiger partial charge in [-0.15, -0.1) is 0 Å². The van der Waals surface area contributed by atoms with Crippen LogP contribution in [0.3, 0.4) is 0 Å². The maximum Gasteiger partial charge on any atom is 0.264 e. The Morgan fingerprint density at radius 3 is 2.24 bits per heavy atom. The summed E-state index contributed by atoms with van der Waals surface area (Å²) in [6.07, 6.45) is 9.72. The third-order valence-corrected chi connectivity index (χ3v) is 6.90. The first-order valence-electron chi connectivity index (χ1n) is 11.9. The largest absolute Gasteiger partial charge is 0.411 e. The minimum Gasteiger partial charge on any atom is -0.411 e. The van der Waals surface area contributed by atoms with E-state index in [0.29, 0.717) is 11.6 Å². The number of rotatable bonds is 7. The fourth-order valence-corrected chi connectivity index (χ4v) is 4.81. The smallest absolute Gasteiger partial charge is 0.264 e. The van der Waals surface area contributed by atoms with Gasteiger partial charge in [-0.05, 0) is 84.9 Å². The van der Waals surface area contributed by atoms with E-state index in [2.05, 4.69) is 50.2 Å². The second-order valence-corrected chi connectivity index (χ2v) is 10.5. The molecule has 6 heteroatoms. The van der Waals surface area contributed by atoms with Crippen molar-refractivity contribution in [2.45, 2.75) is 85.2 Å². The molecule has 0 atom stereocenters. The number of nitrogens with zero attached hydrogens (tertiary/aromatic N) is 1. The fourth-order valence-electron chi connectivity index (χ4n) is 4.46. The van der Waals surface area contributed by atoms with Crippen molar-refractivity contribution in [3.63, 3.8) is 0 Å². The van der Waals surface area contributed by atoms with E-state index >= 15 is 0 Å². The molecule has 1 saturated carbocycles. The highest BCUT2D eigenvalue weighted by Crippen LogP contribution is 2.34. The van der Waals surface area contributed by atoms with Crippen molar-refractivity contribution in [1.29, 1.82) is 0 Å². The van der Waals surface area contributed by atoms with Crippen LogP contribution in [0.2, 0.25) is 0 Å². The van der Waals surface area contributed by atoms with Crippen molar-refractivity contribution in [3.05, 3.63) is 69.8 Å². The Hall–Kier alpha value is -2.18. The van der Waals surface area contributed by atoms with Crippen LogP contribution in [0, 0.1) is 6.92 Å². The first-order chi connectivity index (χ1) is 15.7. The minimum absolute atomic E-state index is 0.130. The lowest BCUT2D eigenvalue weighted by atomic mass is 9.82. The molecule has 1 aliphatic carbocycles. The van der Waals surface area contributed by atoms with E-state index < -0.39 is 10.1 Å². The van der Waals surface area contributed by atoms with E-state index in [9.17, 15) is 8.42 Å². The SMILES string of the molecule is CCc1ccc(/C(C)=N/O)cc1CC.Cc1cc(COS(C)(=O)=O)ccc1C1CCCCC1. The number of hydrogen-bond donors (Lipinski definition) is 1. The summed E-state index contributed by atoms with van der Waals surface area (Å²) in [6.45, 7) is 8.34. The van der Waals surface area contributed by atoms with Crippen LogP contribution in [0.15, 0.2) is 41.6 Å². The normalized spacial score (nSPS) is 15.1. The van der Waals surface area contributed by atoms with Crippen LogP contribution >= 0.6 is 0 Å². The molecule has 0 amide bonds. The lowest BCUT2D eigenvalue weighted by Gasteiger charge is -2.24. The van der Waals surface area contributed by atoms with Crippen molar-refractivity contribution in [2.24, 2.45) is 5.16 Å². The molecule has 0 aliphatic heterocycles. The summed E-state index contributed by atoms with van der Waals surface area (Å²) in [5.74, 6) is 0.679. The van der Waals surface area contributed by atoms with E-state index in [1.807, 2.05) is 12.1 Å². The summed E-state index contributed by atoms with van der Waals surface area (Å²) in [7, 11) is -3.37. The minimum atomic E-state index is -3.37. The van der Waals surface area contributed by atoms with Gasteiger partial charge in [-0.25, -0.2) is 0 Å². The standard InChI is InChI=1S/C15H22O3S.C12H17NO/c1-12-10-13(11-18-19(2,16)17)8-9-15(12)14-6-4-3-5-7-14;1-4-10-6-7-12(9(3)13-14)8-11(10)5-2/h8-10,14H,3-7,11H2,1-2H3;6-8,14H,4-5H2,1-3H3/b;13-9+. The zero-order chi connectivity index (χ0) is 24.4. The summed E-state index contributed by atoms with van der Waals surface area (Å²) in [5, 5.41) is 11.9. The highest BCUT2D eigenvalue weighted by atomic mass is 32.2. The second kappa shape index (κ2) is 12.9. The van der Waals surface area contributed by atoms with Gasteiger partial charge in [0.2, 0.25) is 0 Å². The molecule has 0 spiro atoms. The Kier molecular flexibility index (Phi) is 10.6. The van der Waals surface area contributed by atoms with E-state index in [-0.39, 0.29) is 6.61 Å². The predicted octanol–water partition coefficient (Wildman–Crippen LogP) is 6.53. The second-order valence-electron chi connectivity index (χ2n) is 8.87. The van der Waals surface area contributed by atoms with Gasteiger partial charge in [-0.3, -0.25) is 4.18 Å². The average molecular weight is 474 g/mol. The molecule has 0 bridgehead atoms. The molecule has 0 saturated heterocycles. The molecular formula is C27H39NO4S. The summed E-state index contributed by atoms with van der Waals surface area (Å²) in [4.78, 5) is 0. The van der Waals surface area contributed by atoms with Crippen molar-refractivity contribution >= 4 is 15.8 Å². The maximum absolute atomic E-state index is 11.0. The van der Waals surface area contributed by atoms with E-state index in [1.165, 1.54) is 54.4 Å². The quantitative estimate of drug-likeness (QED) is 0.215. The zero-order valence-electron chi connectivity index (χ0n) is 20.7. The first kappa shape index (κ1) is 27.1. The van der Waals surface area contributed by atoms with Crippen LogP contribution in [0.25, 0.3) is 0 Å². The number of hydrogen-bond acceptors (Lipinski definition) is 5. The van der Waals surface area contributed by atoms with Crippen molar-refractivity contribution < 1.29 is 17.8 Å². The van der Waals surface area contributed by atoms with E-state index in [0.717, 1.165) is 30.2 Å². The lowest BCUT2D eigenvalue weighted by Crippen LogP contribution is -2.07. The van der Waals surface area contributed by atoms with Gasteiger partial charge >= 0.3 is 0 Å². The molecule has 0 radical (unpaired) electrons. The monoisotopic (exact) mass is 473 g/mol. The number of aryl methyl sites for hydroxylation is 3. The summed E-state index contributed by atoms with van der Waals surface area (Å²) in [6, 6.07) is 12.4. The molecule has 33 heavy (non-hydrogen) atoms. The van der Waals surface area contributed by atoms with Crippen LogP contribution in [-0.4, -0.2) is 25.6 Å². The zero-order valence-corrected chi connectivity index (χ0v) is 21.5. The third-order valence-electron chi connectivity index (χ3n) is 6.35. The van der Waals surface area contributed by atoms with Crippen molar-refractivity contribution in [1.82, 2.24) is 0 Å². The van der Waals surface area contributed by atoms with Gasteiger partial charge in [-0.2, -0.15) is 8.42 Å². The first-order valence-corrected chi connectivity index (χ1v) is 13.7. The molecule has 1 N–H and O–H groups in total. The third kappa shape index (κ3) is 8.59. The Balaban J connectivity index is 0.000000245. The molecule has 1 aliphatic rings. The van der Waals surface area contributed by atoms with Crippen molar-refractivity contribution in [3.8, 4) is 0 Å². The fraction of sp³-hybridized carbons (Fsp3) is 0.519. The molecule has 5 nitrogen and oxygen atoms in total. The molecule has 0 aromatic heterocycles. The van der Waals surface area contributed by atoms with Crippen molar-refractivity contribution in [2.75, 3.05) is 6.26 Å². The van der Waals surface area contributed by atoms with Crippen LogP contribution in [-0.2, 0) is 33.7 Å². The van der Waals surface area contributed by atoms with Crippen LogP contribution in [0.4, 0.5) is 0 Å². The van der Waals surface area contributed by atoms with Gasteiger partial charge in [0.1, 0.15) is 0 Å². The molecular weight excluding hydrogens is 434 g/mol. The number of benzene rings is 2. The molecule has 0 heterocycles. The van der Waals surface area contributed by atoms with E-state index in [1.54, 1.807) is 6.92 Å². The Morgan fingerprint density at radius 2 is 1.70 bits per heavy atom. The molecule has 0 unspecified atom stereocenters. The summed E-state index contributed by atoms with van der Waals surface area (Å²) < 4.78 is 26.8. The topological polar surface area (TPSA) is 76.0 Å². The molecule has 2 aromatic carbocycles. The molecule has 2 aromatic rings. The average Bonchev–Trinajstić information content (AvgIpc) is 2.82. The van der Waals surface area contributed by atoms with Crippen LogP contribution in [0.1, 0.15) is 92.2 Å². The van der Waals surface area contributed by atoms with Gasteiger partial charge in [0, 0.05) is 0 Å².